The fourth-order valence-corrected chi connectivity index (χ4v) is 22.3. The average Bonchev–Trinajstić information content (AvgIpc) is 0.758. The van der Waals surface area contributed by atoms with E-state index < -0.39 is 25.2 Å². The van der Waals surface area contributed by atoms with Gasteiger partial charge in [-0.15, -0.1) is 0 Å². The highest BCUT2D eigenvalue weighted by atomic mass is 19.4. The lowest BCUT2D eigenvalue weighted by Gasteiger charge is -2.57. The topological polar surface area (TPSA) is 161 Å². The van der Waals surface area contributed by atoms with Crippen LogP contribution in [-0.2, 0) is 9.47 Å². The first-order chi connectivity index (χ1) is 65.9. The summed E-state index contributed by atoms with van der Waals surface area (Å²) in [5, 5.41) is 26.4. The van der Waals surface area contributed by atoms with Gasteiger partial charge in [0.2, 0.25) is 0 Å². The summed E-state index contributed by atoms with van der Waals surface area (Å²) in [6, 6.07) is 85.3. The van der Waals surface area contributed by atoms with Crippen molar-refractivity contribution in [3.05, 3.63) is 287 Å². The molecule has 18 rings (SSSR count). The summed E-state index contributed by atoms with van der Waals surface area (Å²) in [6.07, 6.45) is -1.94. The molecule has 0 radical (unpaired) electrons. The largest absolute Gasteiger partial charge is 0.495 e. The molecule has 8 saturated heterocycles. The number of carbonyl (C=O) groups excluding carboxylic acids is 2. The number of methoxy groups -OCH3 is 4. The minimum Gasteiger partial charge on any atom is -0.495 e. The zero-order chi connectivity index (χ0) is 95.6. The average molecular weight is 1860 g/mol. The van der Waals surface area contributed by atoms with Gasteiger partial charge in [0.1, 0.15) is 11.5 Å². The van der Waals surface area contributed by atoms with Crippen molar-refractivity contribution in [2.75, 3.05) is 157 Å². The Morgan fingerprint density at radius 1 is 0.331 bits per heavy atom. The molecule has 4 amide bonds. The molecule has 10 aromatic carbocycles. The molecular weight excluding hydrogens is 1730 g/mol. The van der Waals surface area contributed by atoms with Gasteiger partial charge in [-0.05, 0) is 209 Å². The van der Waals surface area contributed by atoms with Crippen LogP contribution in [0.5, 0.6) is 11.5 Å². The van der Waals surface area contributed by atoms with E-state index in [-0.39, 0.29) is 98.4 Å². The molecule has 0 aromatic heterocycles. The first-order valence-corrected chi connectivity index (χ1v) is 48.8. The third-order valence-electron chi connectivity index (χ3n) is 29.2. The number of nitrogens with zero attached hydrogens (tertiary/aromatic N) is 8. The molecule has 18 nitrogen and oxygen atoms in total. The summed E-state index contributed by atoms with van der Waals surface area (Å²) in [5.74, 6) is 2.22. The number of halogens is 6. The normalized spacial score (nSPS) is 23.4. The van der Waals surface area contributed by atoms with Crippen LogP contribution in [0.4, 0.5) is 47.3 Å². The summed E-state index contributed by atoms with van der Waals surface area (Å²) < 4.78 is 98.9. The summed E-state index contributed by atoms with van der Waals surface area (Å²) in [6.45, 7) is 19.5. The number of aryl methyl sites for hydroxylation is 4. The number of anilines is 2. The van der Waals surface area contributed by atoms with Gasteiger partial charge in [0.05, 0.1) is 64.9 Å². The molecule has 8 aliphatic heterocycles. The number of fused-ring (bicyclic) bond motifs is 4. The highest BCUT2D eigenvalue weighted by Gasteiger charge is 2.54. The number of rotatable bonds is 22. The first kappa shape index (κ1) is 100.0. The molecule has 8 aliphatic rings. The van der Waals surface area contributed by atoms with Crippen LogP contribution in [0.1, 0.15) is 132 Å². The van der Waals surface area contributed by atoms with Gasteiger partial charge in [-0.1, -0.05) is 241 Å². The predicted molar refractivity (Wildman–Crippen MR) is 531 cm³/mol. The fourth-order valence-electron chi connectivity index (χ4n) is 22.3. The monoisotopic (exact) mass is 1860 g/mol. The molecule has 0 unspecified atom stereocenters. The van der Waals surface area contributed by atoms with Crippen LogP contribution in [0.25, 0.3) is 44.5 Å². The summed E-state index contributed by atoms with van der Waals surface area (Å²) in [5.41, 5.74) is 20.8. The number of hydrogen-bond acceptors (Lipinski definition) is 14. The van der Waals surface area contributed by atoms with Crippen molar-refractivity contribution in [3.63, 3.8) is 0 Å². The van der Waals surface area contributed by atoms with Gasteiger partial charge >= 0.3 is 24.4 Å². The van der Waals surface area contributed by atoms with Gasteiger partial charge in [0, 0.05) is 139 Å². The summed E-state index contributed by atoms with van der Waals surface area (Å²) >= 11 is 0. The van der Waals surface area contributed by atoms with E-state index in [9.17, 15) is 46.1 Å². The van der Waals surface area contributed by atoms with Crippen LogP contribution < -0.4 is 20.1 Å². The van der Waals surface area contributed by atoms with Crippen LogP contribution in [0, 0.1) is 27.7 Å². The van der Waals surface area contributed by atoms with E-state index in [4.69, 9.17) is 18.9 Å². The van der Waals surface area contributed by atoms with E-state index in [1.165, 1.54) is 77.9 Å². The number of aliphatic hydroxyl groups is 2. The zero-order valence-electron chi connectivity index (χ0n) is 80.0. The van der Waals surface area contributed by atoms with Crippen LogP contribution in [0.2, 0.25) is 0 Å². The second kappa shape index (κ2) is 46.8. The van der Waals surface area contributed by atoms with E-state index >= 15 is 0 Å². The third kappa shape index (κ3) is 24.8. The molecular formula is C112H136F6N10O8. The Bertz CT molecular complexity index is 5500. The maximum Gasteiger partial charge on any atom is 0.390 e. The van der Waals surface area contributed by atoms with Gasteiger partial charge in [-0.25, -0.2) is 9.59 Å². The Balaban J connectivity index is 0.000000138. The third-order valence-corrected chi connectivity index (χ3v) is 29.2. The lowest BCUT2D eigenvalue weighted by atomic mass is 9.74. The number of para-hydroxylation sites is 4. The van der Waals surface area contributed by atoms with Crippen molar-refractivity contribution in [1.82, 2.24) is 39.2 Å². The Kier molecular flexibility index (Phi) is 34.4. The molecule has 0 saturated carbocycles. The zero-order valence-corrected chi connectivity index (χ0v) is 80.0. The minimum atomic E-state index is -4.12. The van der Waals surface area contributed by atoms with E-state index in [1.54, 1.807) is 28.4 Å². The van der Waals surface area contributed by atoms with Gasteiger partial charge in [-0.2, -0.15) is 26.3 Å². The number of ether oxygens (including phenoxy) is 4. The maximum atomic E-state index is 13.4. The Morgan fingerprint density at radius 2 is 0.603 bits per heavy atom. The summed E-state index contributed by atoms with van der Waals surface area (Å²) in [7, 11) is 6.74. The van der Waals surface area contributed by atoms with Crippen molar-refractivity contribution in [2.45, 2.75) is 176 Å². The highest BCUT2D eigenvalue weighted by molar-refractivity contribution is 5.92. The first-order valence-electron chi connectivity index (χ1n) is 48.8. The van der Waals surface area contributed by atoms with Gasteiger partial charge in [0.15, 0.2) is 0 Å². The Morgan fingerprint density at radius 3 is 0.882 bits per heavy atom. The van der Waals surface area contributed by atoms with Crippen molar-refractivity contribution in [2.24, 2.45) is 0 Å². The molecule has 24 heteroatoms. The number of benzene rings is 10. The molecule has 4 N–H and O–H groups in total. The van der Waals surface area contributed by atoms with Gasteiger partial charge in [0.25, 0.3) is 0 Å². The quantitative estimate of drug-likeness (QED) is 0.0474. The van der Waals surface area contributed by atoms with Gasteiger partial charge in [-0.3, -0.25) is 19.6 Å². The minimum absolute atomic E-state index is 0.0392. The SMILES string of the molecule is COC[C@@H]1[C@@H](c2ccc(-c3cccc(C)c3)cc2)[C@@H]2CN(C(=O)Nc3ccccc3OC)CCCCN12.COC[C@@H]1[C@@H](c2ccc(-c3cccc(C)c3)cc2)[C@@H]2CN(CCC(F)(F)F)CCCCN12.COc1ccccc1NC(=O)N1CCCCN2[C@H](CO)[C@@H](c3ccc(-c4cccc(C)c4)cc3)[C@@H]2C1.Cc1cccc(-c2ccc([C@@H]3[C@@H](CO)N4CCCCN(CCC(F)(F)F)C[C@@H]34)cc2)c1. The van der Waals surface area contributed by atoms with Crippen LogP contribution in [-0.4, -0.2) is 269 Å². The van der Waals surface area contributed by atoms with Crippen molar-refractivity contribution < 1.29 is 65.1 Å². The molecule has 0 aliphatic carbocycles. The predicted octanol–water partition coefficient (Wildman–Crippen LogP) is 21.2. The highest BCUT2D eigenvalue weighted by Crippen LogP contribution is 2.48. The number of aliphatic hydroxyl groups excluding tert-OH is 2. The lowest BCUT2D eigenvalue weighted by Crippen LogP contribution is -2.68. The molecule has 136 heavy (non-hydrogen) atoms. The Hall–Kier alpha value is -10.5. The van der Waals surface area contributed by atoms with E-state index in [1.807, 2.05) is 74.2 Å². The van der Waals surface area contributed by atoms with Crippen molar-refractivity contribution in [1.29, 1.82) is 0 Å². The molecule has 724 valence electrons. The van der Waals surface area contributed by atoms with E-state index in [2.05, 4.69) is 246 Å². The molecule has 10 aromatic rings. The number of hydrogen-bond donors (Lipinski definition) is 4. The van der Waals surface area contributed by atoms with Crippen molar-refractivity contribution >= 4 is 23.4 Å². The van der Waals surface area contributed by atoms with Gasteiger partial charge < -0.3 is 59.4 Å². The fraction of sp³-hybridized carbons (Fsp3) is 0.446. The number of urea groups is 2. The molecule has 8 fully saturated rings. The smallest absolute Gasteiger partial charge is 0.390 e. The number of alkyl halides is 6. The number of amides is 4. The second-order valence-corrected chi connectivity index (χ2v) is 38.1. The summed E-state index contributed by atoms with van der Waals surface area (Å²) in [4.78, 5) is 44.2. The molecule has 12 atom stereocenters. The second-order valence-electron chi connectivity index (χ2n) is 38.1. The van der Waals surface area contributed by atoms with Crippen molar-refractivity contribution in [3.8, 4) is 56.0 Å². The number of carbonyl (C=O) groups is 2. The molecule has 0 spiro atoms. The van der Waals surface area contributed by atoms with E-state index in [0.717, 1.165) is 102 Å². The molecule has 0 bridgehead atoms. The number of nitrogens with one attached hydrogen (secondary N) is 2. The Labute approximate surface area is 799 Å². The maximum absolute atomic E-state index is 13.4. The van der Waals surface area contributed by atoms with Crippen LogP contribution in [0.3, 0.4) is 0 Å². The molecule has 8 heterocycles. The van der Waals surface area contributed by atoms with Crippen LogP contribution >= 0.6 is 0 Å². The van der Waals surface area contributed by atoms with Crippen LogP contribution in [0.15, 0.2) is 243 Å². The lowest BCUT2D eigenvalue weighted by molar-refractivity contribution is -0.141. The standard InChI is InChI=1S/C31H37N3O3.C30H35N3O3.C26H33F3N2O.C25H31F3N2O/c1-22-9-8-10-25(19-22)23-13-15-24(16-14-23)30-27-20-33(17-6-7-18-34(27)28(30)21-36-2)31(35)32-26-11-4-5-12-29(26)37-3;1-21-8-7-9-24(18-21)22-12-14-23(15-13-22)29-26-19-32(16-5-6-17-33(26)27(29)20-34)30(35)31-25-10-3-4-11-28(25)36-2;1-19-6-5-7-22(16-19)20-8-10-21(11-9-20)25-23-17-30(15-12-26(27,28)29)13-3-4-14-31(23)24(25)18-32-2;1-18-5-4-6-21(15-18)19-7-9-20(10-8-19)24-22-16-29(14-11-25(26,27)28)12-2-3-13-30(22)23(24)17-31/h4-5,8-16,19,27-28,30H,6-7,17-18,20-21H2,1-3H3,(H,32,35);3-4,7-15,18,26-27,29,34H,5-6,16-17,19-20H2,1-2H3,(H,31,35);5-11,16,23-25H,3-4,12-15,17-18H2,1-2H3;4-10,15,22-24,31H,2-3,11-14,16-17H2,1H3/t27-,28+,30-;26-,27+,29-;23-,24+,25-;22-,23+,24-/m0000/s1. The van der Waals surface area contributed by atoms with E-state index in [0.29, 0.717) is 87.3 Å².